The highest BCUT2D eigenvalue weighted by atomic mass is 35.5. The molecule has 0 aliphatic carbocycles. The van der Waals surface area contributed by atoms with E-state index in [9.17, 15) is 18.3 Å². The van der Waals surface area contributed by atoms with E-state index in [0.717, 1.165) is 12.1 Å². The summed E-state index contributed by atoms with van der Waals surface area (Å²) < 4.78 is 38.0. The van der Waals surface area contributed by atoms with Crippen molar-refractivity contribution in [2.45, 2.75) is 18.8 Å². The molecule has 0 saturated heterocycles. The van der Waals surface area contributed by atoms with Gasteiger partial charge >= 0.3 is 6.18 Å². The van der Waals surface area contributed by atoms with Crippen LogP contribution in [0.2, 0.25) is 5.02 Å². The molecule has 2 aromatic carbocycles. The lowest BCUT2D eigenvalue weighted by molar-refractivity contribution is -0.137. The Balaban J connectivity index is 2.28. The van der Waals surface area contributed by atoms with Crippen LogP contribution in [0.4, 0.5) is 18.9 Å². The monoisotopic (exact) mass is 315 g/mol. The third kappa shape index (κ3) is 3.89. The minimum absolute atomic E-state index is 0.162. The standard InChI is InChI=1S/C15H13ClF3NO/c1-14(21,10-4-2-6-12(16)8-10)20-13-7-3-5-11(9-13)15(17,18)19/h2-9,20-21H,1H3. The minimum Gasteiger partial charge on any atom is -0.367 e. The summed E-state index contributed by atoms with van der Waals surface area (Å²) in [4.78, 5) is 0. The van der Waals surface area contributed by atoms with Gasteiger partial charge in [-0.1, -0.05) is 29.8 Å². The van der Waals surface area contributed by atoms with Gasteiger partial charge in [-0.2, -0.15) is 13.2 Å². The van der Waals surface area contributed by atoms with Crippen molar-refractivity contribution in [1.29, 1.82) is 0 Å². The average Bonchev–Trinajstić information content (AvgIpc) is 2.37. The molecular formula is C15H13ClF3NO. The number of benzene rings is 2. The fourth-order valence-corrected chi connectivity index (χ4v) is 2.11. The van der Waals surface area contributed by atoms with Gasteiger partial charge in [-0.05, 0) is 37.3 Å². The zero-order chi connectivity index (χ0) is 15.7. The predicted molar refractivity (Wildman–Crippen MR) is 76.1 cm³/mol. The Morgan fingerprint density at radius 1 is 1.00 bits per heavy atom. The van der Waals surface area contributed by atoms with E-state index < -0.39 is 17.5 Å². The normalized spacial score (nSPS) is 14.6. The quantitative estimate of drug-likeness (QED) is 0.809. The van der Waals surface area contributed by atoms with Crippen LogP contribution in [0.1, 0.15) is 18.1 Å². The summed E-state index contributed by atoms with van der Waals surface area (Å²) in [7, 11) is 0. The number of aliphatic hydroxyl groups is 1. The Morgan fingerprint density at radius 3 is 2.24 bits per heavy atom. The molecule has 2 rings (SSSR count). The zero-order valence-electron chi connectivity index (χ0n) is 11.1. The van der Waals surface area contributed by atoms with E-state index in [1.54, 1.807) is 24.3 Å². The van der Waals surface area contributed by atoms with Crippen LogP contribution in [0.15, 0.2) is 48.5 Å². The Bertz CT molecular complexity index is 641. The van der Waals surface area contributed by atoms with Gasteiger partial charge in [-0.3, -0.25) is 0 Å². The van der Waals surface area contributed by atoms with Gasteiger partial charge in [0.05, 0.1) is 5.56 Å². The molecule has 0 radical (unpaired) electrons. The second-order valence-electron chi connectivity index (χ2n) is 4.79. The van der Waals surface area contributed by atoms with E-state index >= 15 is 0 Å². The molecule has 0 amide bonds. The zero-order valence-corrected chi connectivity index (χ0v) is 11.8. The largest absolute Gasteiger partial charge is 0.416 e. The summed E-state index contributed by atoms with van der Waals surface area (Å²) >= 11 is 5.85. The summed E-state index contributed by atoms with van der Waals surface area (Å²) in [6.45, 7) is 1.44. The van der Waals surface area contributed by atoms with E-state index in [0.29, 0.717) is 10.6 Å². The highest BCUT2D eigenvalue weighted by Crippen LogP contribution is 2.32. The molecule has 21 heavy (non-hydrogen) atoms. The number of anilines is 1. The van der Waals surface area contributed by atoms with E-state index in [1.807, 2.05) is 0 Å². The number of hydrogen-bond donors (Lipinski definition) is 2. The maximum atomic E-state index is 12.7. The highest BCUT2D eigenvalue weighted by Gasteiger charge is 2.31. The van der Waals surface area contributed by atoms with Crippen LogP contribution in [-0.4, -0.2) is 5.11 Å². The first-order valence-corrected chi connectivity index (χ1v) is 6.50. The Kier molecular flexibility index (Phi) is 4.16. The van der Waals surface area contributed by atoms with Crippen molar-refractivity contribution in [2.75, 3.05) is 5.32 Å². The van der Waals surface area contributed by atoms with Crippen LogP contribution in [0, 0.1) is 0 Å². The molecule has 1 unspecified atom stereocenters. The molecule has 0 bridgehead atoms. The van der Waals surface area contributed by atoms with E-state index in [1.165, 1.54) is 19.1 Å². The van der Waals surface area contributed by atoms with Crippen LogP contribution in [0.3, 0.4) is 0 Å². The van der Waals surface area contributed by atoms with Gasteiger partial charge in [-0.15, -0.1) is 0 Å². The average molecular weight is 316 g/mol. The Labute approximate surface area is 125 Å². The van der Waals surface area contributed by atoms with Gasteiger partial charge in [0.1, 0.15) is 0 Å². The number of alkyl halides is 3. The van der Waals surface area contributed by atoms with Crippen LogP contribution in [0.5, 0.6) is 0 Å². The maximum Gasteiger partial charge on any atom is 0.416 e. The van der Waals surface area contributed by atoms with Gasteiger partial charge in [0.15, 0.2) is 5.72 Å². The first-order chi connectivity index (χ1) is 9.68. The smallest absolute Gasteiger partial charge is 0.367 e. The van der Waals surface area contributed by atoms with Crippen molar-refractivity contribution in [3.05, 3.63) is 64.7 Å². The lowest BCUT2D eigenvalue weighted by Gasteiger charge is -2.27. The molecule has 1 atom stereocenters. The van der Waals surface area contributed by atoms with Gasteiger partial charge in [0.25, 0.3) is 0 Å². The van der Waals surface area contributed by atoms with Crippen LogP contribution < -0.4 is 5.32 Å². The SMILES string of the molecule is CC(O)(Nc1cccc(C(F)(F)F)c1)c1cccc(Cl)c1. The van der Waals surface area contributed by atoms with Crippen molar-refractivity contribution in [2.24, 2.45) is 0 Å². The second kappa shape index (κ2) is 5.58. The molecule has 2 nitrogen and oxygen atoms in total. The molecule has 0 aliphatic rings. The van der Waals surface area contributed by atoms with Crippen LogP contribution >= 0.6 is 11.6 Å². The molecule has 2 N–H and O–H groups in total. The van der Waals surface area contributed by atoms with Crippen molar-refractivity contribution in [3.8, 4) is 0 Å². The molecule has 0 saturated carbocycles. The van der Waals surface area contributed by atoms with Crippen molar-refractivity contribution in [3.63, 3.8) is 0 Å². The molecule has 112 valence electrons. The number of nitrogens with one attached hydrogen (secondary N) is 1. The summed E-state index contributed by atoms with van der Waals surface area (Å²) in [5.74, 6) is 0. The third-order valence-corrected chi connectivity index (χ3v) is 3.20. The van der Waals surface area contributed by atoms with Crippen molar-refractivity contribution < 1.29 is 18.3 Å². The topological polar surface area (TPSA) is 32.3 Å². The van der Waals surface area contributed by atoms with Crippen molar-refractivity contribution in [1.82, 2.24) is 0 Å². The molecule has 6 heteroatoms. The Hall–Kier alpha value is -1.72. The van der Waals surface area contributed by atoms with Crippen LogP contribution in [0.25, 0.3) is 0 Å². The van der Waals surface area contributed by atoms with Crippen molar-refractivity contribution >= 4 is 17.3 Å². The molecular weight excluding hydrogens is 303 g/mol. The molecule has 0 spiro atoms. The lowest BCUT2D eigenvalue weighted by atomic mass is 10.0. The predicted octanol–water partition coefficient (Wildman–Crippen LogP) is 4.64. The number of halogens is 4. The summed E-state index contributed by atoms with van der Waals surface area (Å²) in [5, 5.41) is 13.5. The summed E-state index contributed by atoms with van der Waals surface area (Å²) in [6, 6.07) is 11.1. The number of hydrogen-bond acceptors (Lipinski definition) is 2. The third-order valence-electron chi connectivity index (χ3n) is 2.96. The molecule has 0 fully saturated rings. The molecule has 0 aromatic heterocycles. The summed E-state index contributed by atoms with van der Waals surface area (Å²) in [6.07, 6.45) is -4.43. The van der Waals surface area contributed by atoms with E-state index in [-0.39, 0.29) is 5.69 Å². The van der Waals surface area contributed by atoms with Gasteiger partial charge in [0.2, 0.25) is 0 Å². The van der Waals surface area contributed by atoms with Gasteiger partial charge in [-0.25, -0.2) is 0 Å². The fraction of sp³-hybridized carbons (Fsp3) is 0.200. The maximum absolute atomic E-state index is 12.7. The molecule has 0 aliphatic heterocycles. The molecule has 0 heterocycles. The molecule has 2 aromatic rings. The number of rotatable bonds is 3. The summed E-state index contributed by atoms with van der Waals surface area (Å²) in [5.41, 5.74) is -1.72. The fourth-order valence-electron chi connectivity index (χ4n) is 1.92. The second-order valence-corrected chi connectivity index (χ2v) is 5.22. The van der Waals surface area contributed by atoms with E-state index in [4.69, 9.17) is 11.6 Å². The minimum atomic E-state index is -4.43. The van der Waals surface area contributed by atoms with E-state index in [2.05, 4.69) is 5.32 Å². The van der Waals surface area contributed by atoms with Gasteiger partial charge < -0.3 is 10.4 Å². The van der Waals surface area contributed by atoms with Gasteiger partial charge in [0, 0.05) is 16.3 Å². The van der Waals surface area contributed by atoms with Crippen LogP contribution in [-0.2, 0) is 11.9 Å². The Morgan fingerprint density at radius 2 is 1.62 bits per heavy atom. The highest BCUT2D eigenvalue weighted by molar-refractivity contribution is 6.30. The first-order valence-electron chi connectivity index (χ1n) is 6.12. The lowest BCUT2D eigenvalue weighted by Crippen LogP contribution is -2.31. The first kappa shape index (κ1) is 15.7.